The van der Waals surface area contributed by atoms with E-state index >= 15 is 0 Å². The second-order valence-electron chi connectivity index (χ2n) is 6.16. The van der Waals surface area contributed by atoms with Gasteiger partial charge in [-0.1, -0.05) is 26.8 Å². The molecule has 0 radical (unpaired) electrons. The van der Waals surface area contributed by atoms with Crippen molar-refractivity contribution in [2.24, 2.45) is 5.92 Å². The molecule has 1 atom stereocenters. The highest BCUT2D eigenvalue weighted by atomic mass is 79.9. The Morgan fingerprint density at radius 3 is 2.90 bits per heavy atom. The molecule has 1 N–H and O–H groups in total. The fourth-order valence-corrected chi connectivity index (χ4v) is 3.28. The average Bonchev–Trinajstić information content (AvgIpc) is 2.47. The smallest absolute Gasteiger partial charge is 0.0748 e. The van der Waals surface area contributed by atoms with Crippen LogP contribution in [0.4, 0.5) is 5.69 Å². The molecule has 118 valence electrons. The quantitative estimate of drug-likeness (QED) is 0.840. The van der Waals surface area contributed by atoms with Gasteiger partial charge in [-0.15, -0.1) is 0 Å². The summed E-state index contributed by atoms with van der Waals surface area (Å²) in [5, 5.41) is 3.49. The Morgan fingerprint density at radius 2 is 2.24 bits per heavy atom. The SMILES string of the molecule is CCC1CN(c2ccc(CNCC(C)C)cc2Br)CCO1. The maximum absolute atomic E-state index is 5.75. The molecule has 0 aliphatic carbocycles. The number of halogens is 1. The van der Waals surface area contributed by atoms with Crippen LogP contribution in [0.5, 0.6) is 0 Å². The summed E-state index contributed by atoms with van der Waals surface area (Å²) in [6.07, 6.45) is 1.43. The van der Waals surface area contributed by atoms with Gasteiger partial charge in [0.25, 0.3) is 0 Å². The fraction of sp³-hybridized carbons (Fsp3) is 0.647. The number of rotatable bonds is 6. The Balaban J connectivity index is 1.98. The molecule has 1 heterocycles. The molecule has 0 amide bonds. The molecule has 1 aliphatic heterocycles. The molecule has 1 saturated heterocycles. The molecule has 1 fully saturated rings. The van der Waals surface area contributed by atoms with Crippen molar-refractivity contribution in [2.75, 3.05) is 31.1 Å². The molecule has 4 heteroatoms. The number of nitrogens with zero attached hydrogens (tertiary/aromatic N) is 1. The lowest BCUT2D eigenvalue weighted by Gasteiger charge is -2.34. The summed E-state index contributed by atoms with van der Waals surface area (Å²) in [4.78, 5) is 2.42. The topological polar surface area (TPSA) is 24.5 Å². The maximum Gasteiger partial charge on any atom is 0.0748 e. The molecule has 21 heavy (non-hydrogen) atoms. The van der Waals surface area contributed by atoms with Crippen LogP contribution in [-0.2, 0) is 11.3 Å². The van der Waals surface area contributed by atoms with E-state index in [0.717, 1.165) is 39.2 Å². The van der Waals surface area contributed by atoms with Gasteiger partial charge in [-0.25, -0.2) is 0 Å². The van der Waals surface area contributed by atoms with Crippen molar-refractivity contribution < 1.29 is 4.74 Å². The van der Waals surface area contributed by atoms with Gasteiger partial charge in [0.1, 0.15) is 0 Å². The Bertz CT molecular complexity index is 450. The Morgan fingerprint density at radius 1 is 1.43 bits per heavy atom. The Labute approximate surface area is 137 Å². The average molecular weight is 355 g/mol. The third-order valence-corrected chi connectivity index (χ3v) is 4.46. The lowest BCUT2D eigenvalue weighted by Crippen LogP contribution is -2.42. The first-order valence-corrected chi connectivity index (χ1v) is 8.75. The van der Waals surface area contributed by atoms with E-state index < -0.39 is 0 Å². The van der Waals surface area contributed by atoms with Gasteiger partial charge in [0.2, 0.25) is 0 Å². The number of nitrogens with one attached hydrogen (secondary N) is 1. The van der Waals surface area contributed by atoms with Crippen LogP contribution in [0.15, 0.2) is 22.7 Å². The standard InChI is InChI=1S/C17H27BrN2O/c1-4-15-12-20(7-8-21-15)17-6-5-14(9-16(17)18)11-19-10-13(2)3/h5-6,9,13,15,19H,4,7-8,10-12H2,1-3H3. The molecule has 1 unspecified atom stereocenters. The fourth-order valence-electron chi connectivity index (χ4n) is 2.61. The first-order chi connectivity index (χ1) is 10.1. The van der Waals surface area contributed by atoms with E-state index in [4.69, 9.17) is 4.74 Å². The van der Waals surface area contributed by atoms with E-state index in [1.165, 1.54) is 15.7 Å². The summed E-state index contributed by atoms with van der Waals surface area (Å²) in [5.41, 5.74) is 2.61. The van der Waals surface area contributed by atoms with Gasteiger partial charge < -0.3 is 15.0 Å². The second-order valence-corrected chi connectivity index (χ2v) is 7.01. The highest BCUT2D eigenvalue weighted by molar-refractivity contribution is 9.10. The van der Waals surface area contributed by atoms with Crippen LogP contribution in [0.1, 0.15) is 32.8 Å². The zero-order valence-electron chi connectivity index (χ0n) is 13.4. The third kappa shape index (κ3) is 4.97. The van der Waals surface area contributed by atoms with Gasteiger partial charge in [-0.05, 0) is 52.5 Å². The van der Waals surface area contributed by atoms with Gasteiger partial charge >= 0.3 is 0 Å². The van der Waals surface area contributed by atoms with E-state index in [1.54, 1.807) is 0 Å². The lowest BCUT2D eigenvalue weighted by molar-refractivity contribution is 0.0384. The number of benzene rings is 1. The predicted octanol–water partition coefficient (Wildman–Crippen LogP) is 3.81. The molecule has 2 rings (SSSR count). The van der Waals surface area contributed by atoms with Crippen molar-refractivity contribution in [3.8, 4) is 0 Å². The number of anilines is 1. The minimum atomic E-state index is 0.359. The van der Waals surface area contributed by atoms with Crippen LogP contribution < -0.4 is 10.2 Å². The third-order valence-electron chi connectivity index (χ3n) is 3.83. The van der Waals surface area contributed by atoms with E-state index in [9.17, 15) is 0 Å². The number of hydrogen-bond donors (Lipinski definition) is 1. The zero-order valence-corrected chi connectivity index (χ0v) is 14.9. The second kappa shape index (κ2) is 8.16. The van der Waals surface area contributed by atoms with Crippen molar-refractivity contribution in [3.63, 3.8) is 0 Å². The highest BCUT2D eigenvalue weighted by Crippen LogP contribution is 2.29. The minimum Gasteiger partial charge on any atom is -0.375 e. The molecule has 1 aromatic rings. The van der Waals surface area contributed by atoms with Gasteiger partial charge in [0, 0.05) is 24.1 Å². The number of morpholine rings is 1. The van der Waals surface area contributed by atoms with Crippen LogP contribution in [-0.4, -0.2) is 32.3 Å². The van der Waals surface area contributed by atoms with Crippen molar-refractivity contribution in [2.45, 2.75) is 39.8 Å². The first-order valence-electron chi connectivity index (χ1n) is 7.95. The normalized spacial score (nSPS) is 19.3. The Hall–Kier alpha value is -0.580. The van der Waals surface area contributed by atoms with Gasteiger partial charge in [0.05, 0.1) is 18.4 Å². The maximum atomic E-state index is 5.75. The first kappa shape index (κ1) is 16.8. The molecule has 1 aromatic carbocycles. The van der Waals surface area contributed by atoms with Crippen LogP contribution in [0.2, 0.25) is 0 Å². The van der Waals surface area contributed by atoms with Crippen LogP contribution in [0, 0.1) is 5.92 Å². The van der Waals surface area contributed by atoms with Crippen molar-refractivity contribution >= 4 is 21.6 Å². The monoisotopic (exact) mass is 354 g/mol. The van der Waals surface area contributed by atoms with Gasteiger partial charge in [0.15, 0.2) is 0 Å². The highest BCUT2D eigenvalue weighted by Gasteiger charge is 2.20. The van der Waals surface area contributed by atoms with E-state index in [-0.39, 0.29) is 0 Å². The van der Waals surface area contributed by atoms with Crippen LogP contribution >= 0.6 is 15.9 Å². The summed E-state index contributed by atoms with van der Waals surface area (Å²) in [7, 11) is 0. The molecule has 0 bridgehead atoms. The molecule has 1 aliphatic rings. The summed E-state index contributed by atoms with van der Waals surface area (Å²) in [6.45, 7) is 11.4. The lowest BCUT2D eigenvalue weighted by atomic mass is 10.1. The summed E-state index contributed by atoms with van der Waals surface area (Å²) < 4.78 is 6.93. The van der Waals surface area contributed by atoms with E-state index in [1.807, 2.05) is 0 Å². The van der Waals surface area contributed by atoms with Gasteiger partial charge in [-0.2, -0.15) is 0 Å². The summed E-state index contributed by atoms with van der Waals surface area (Å²) in [5.74, 6) is 0.687. The van der Waals surface area contributed by atoms with Crippen molar-refractivity contribution in [3.05, 3.63) is 28.2 Å². The molecule has 0 saturated carbocycles. The predicted molar refractivity (Wildman–Crippen MR) is 92.9 cm³/mol. The summed E-state index contributed by atoms with van der Waals surface area (Å²) >= 11 is 3.74. The van der Waals surface area contributed by atoms with Crippen molar-refractivity contribution in [1.82, 2.24) is 5.32 Å². The number of ether oxygens (including phenoxy) is 1. The van der Waals surface area contributed by atoms with Crippen LogP contribution in [0.3, 0.4) is 0 Å². The molecule has 0 aromatic heterocycles. The minimum absolute atomic E-state index is 0.359. The van der Waals surface area contributed by atoms with Crippen LogP contribution in [0.25, 0.3) is 0 Å². The van der Waals surface area contributed by atoms with Gasteiger partial charge in [-0.3, -0.25) is 0 Å². The molecular formula is C17H27BrN2O. The van der Waals surface area contributed by atoms with Crippen molar-refractivity contribution in [1.29, 1.82) is 0 Å². The Kier molecular flexibility index (Phi) is 6.52. The summed E-state index contributed by atoms with van der Waals surface area (Å²) in [6, 6.07) is 6.69. The van der Waals surface area contributed by atoms with E-state index in [0.29, 0.717) is 12.0 Å². The molecule has 3 nitrogen and oxygen atoms in total. The number of hydrogen-bond acceptors (Lipinski definition) is 3. The molecular weight excluding hydrogens is 328 g/mol. The zero-order chi connectivity index (χ0) is 15.2. The largest absolute Gasteiger partial charge is 0.375 e. The van der Waals surface area contributed by atoms with E-state index in [2.05, 4.69) is 65.1 Å². The molecule has 0 spiro atoms.